The van der Waals surface area contributed by atoms with Crippen LogP contribution < -0.4 is 10.6 Å². The fourth-order valence-electron chi connectivity index (χ4n) is 2.84. The summed E-state index contributed by atoms with van der Waals surface area (Å²) in [6.45, 7) is 10.1. The van der Waals surface area contributed by atoms with Gasteiger partial charge in [0, 0.05) is 24.8 Å². The number of benzene rings is 1. The van der Waals surface area contributed by atoms with E-state index in [9.17, 15) is 4.79 Å². The molecule has 21 heavy (non-hydrogen) atoms. The zero-order valence-electron chi connectivity index (χ0n) is 13.4. The van der Waals surface area contributed by atoms with Crippen LogP contribution in [0.5, 0.6) is 0 Å². The molecule has 2 N–H and O–H groups in total. The van der Waals surface area contributed by atoms with Gasteiger partial charge >= 0.3 is 0 Å². The molecule has 0 aromatic heterocycles. The summed E-state index contributed by atoms with van der Waals surface area (Å²) in [6.07, 6.45) is 2.56. The van der Waals surface area contributed by atoms with Crippen LogP contribution in [0.15, 0.2) is 18.2 Å². The van der Waals surface area contributed by atoms with Crippen molar-refractivity contribution in [3.63, 3.8) is 0 Å². The molecule has 1 saturated heterocycles. The lowest BCUT2D eigenvalue weighted by molar-refractivity contribution is 0.0941. The summed E-state index contributed by atoms with van der Waals surface area (Å²) in [7, 11) is 0. The first kappa shape index (κ1) is 15.8. The largest absolute Gasteiger partial charge is 0.385 e. The lowest BCUT2D eigenvalue weighted by Crippen LogP contribution is -2.40. The van der Waals surface area contributed by atoms with E-state index in [4.69, 9.17) is 0 Å². The Morgan fingerprint density at radius 2 is 2.05 bits per heavy atom. The van der Waals surface area contributed by atoms with Crippen LogP contribution in [0, 0.1) is 6.92 Å². The van der Waals surface area contributed by atoms with Gasteiger partial charge in [0.1, 0.15) is 0 Å². The Labute approximate surface area is 127 Å². The van der Waals surface area contributed by atoms with Crippen molar-refractivity contribution in [3.05, 3.63) is 29.3 Å². The fraction of sp³-hybridized carbons (Fsp3) is 0.588. The Balaban J connectivity index is 1.97. The molecule has 116 valence electrons. The second kappa shape index (κ2) is 7.46. The Morgan fingerprint density at radius 3 is 2.71 bits per heavy atom. The SMILES string of the molecule is CCNc1ccc(C)cc1C(=O)NCC(C)N1CCCC1. The highest BCUT2D eigenvalue weighted by Gasteiger charge is 2.19. The van der Waals surface area contributed by atoms with Crippen LogP contribution in [0.4, 0.5) is 5.69 Å². The molecule has 1 aromatic rings. The molecular formula is C17H27N3O. The van der Waals surface area contributed by atoms with Crippen LogP contribution in [-0.4, -0.2) is 43.0 Å². The van der Waals surface area contributed by atoms with Gasteiger partial charge in [0.05, 0.1) is 5.56 Å². The van der Waals surface area contributed by atoms with Crippen molar-refractivity contribution in [1.82, 2.24) is 10.2 Å². The van der Waals surface area contributed by atoms with E-state index in [-0.39, 0.29) is 5.91 Å². The molecule has 1 atom stereocenters. The summed E-state index contributed by atoms with van der Waals surface area (Å²) >= 11 is 0. The molecule has 1 aliphatic heterocycles. The van der Waals surface area contributed by atoms with Gasteiger partial charge < -0.3 is 10.6 Å². The first-order chi connectivity index (χ1) is 10.1. The lowest BCUT2D eigenvalue weighted by Gasteiger charge is -2.24. The molecule has 0 saturated carbocycles. The van der Waals surface area contributed by atoms with Crippen LogP contribution in [0.1, 0.15) is 42.6 Å². The summed E-state index contributed by atoms with van der Waals surface area (Å²) in [5.41, 5.74) is 2.76. The van der Waals surface area contributed by atoms with Gasteiger partial charge in [0.25, 0.3) is 5.91 Å². The van der Waals surface area contributed by atoms with Gasteiger partial charge in [-0.05, 0) is 58.8 Å². The topological polar surface area (TPSA) is 44.4 Å². The predicted molar refractivity (Wildman–Crippen MR) is 87.9 cm³/mol. The lowest BCUT2D eigenvalue weighted by atomic mass is 10.1. The van der Waals surface area contributed by atoms with E-state index in [1.807, 2.05) is 32.0 Å². The van der Waals surface area contributed by atoms with Crippen molar-refractivity contribution in [3.8, 4) is 0 Å². The van der Waals surface area contributed by atoms with Gasteiger partial charge in [0.2, 0.25) is 0 Å². The minimum Gasteiger partial charge on any atom is -0.385 e. The summed E-state index contributed by atoms with van der Waals surface area (Å²) < 4.78 is 0. The molecule has 0 spiro atoms. The molecule has 4 nitrogen and oxygen atoms in total. The molecular weight excluding hydrogens is 262 g/mol. The third-order valence-electron chi connectivity index (χ3n) is 4.11. The van der Waals surface area contributed by atoms with E-state index in [0.29, 0.717) is 12.6 Å². The highest BCUT2D eigenvalue weighted by atomic mass is 16.1. The van der Waals surface area contributed by atoms with Crippen molar-refractivity contribution in [2.75, 3.05) is 31.5 Å². The number of rotatable bonds is 6. The number of aryl methyl sites for hydroxylation is 1. The third-order valence-corrected chi connectivity index (χ3v) is 4.11. The second-order valence-corrected chi connectivity index (χ2v) is 5.88. The van der Waals surface area contributed by atoms with Crippen LogP contribution in [0.25, 0.3) is 0 Å². The highest BCUT2D eigenvalue weighted by molar-refractivity contribution is 5.99. The van der Waals surface area contributed by atoms with Gasteiger partial charge in [0.15, 0.2) is 0 Å². The number of anilines is 1. The average Bonchev–Trinajstić information content (AvgIpc) is 3.01. The van der Waals surface area contributed by atoms with Crippen molar-refractivity contribution in [2.45, 2.75) is 39.7 Å². The van der Waals surface area contributed by atoms with Gasteiger partial charge in [-0.2, -0.15) is 0 Å². The second-order valence-electron chi connectivity index (χ2n) is 5.88. The number of hydrogen-bond acceptors (Lipinski definition) is 3. The van der Waals surface area contributed by atoms with Crippen molar-refractivity contribution >= 4 is 11.6 Å². The van der Waals surface area contributed by atoms with E-state index >= 15 is 0 Å². The van der Waals surface area contributed by atoms with E-state index in [1.165, 1.54) is 12.8 Å². The molecule has 4 heteroatoms. The quantitative estimate of drug-likeness (QED) is 0.846. The standard InChI is InChI=1S/C17H27N3O/c1-4-18-16-8-7-13(2)11-15(16)17(21)19-12-14(3)20-9-5-6-10-20/h7-8,11,14,18H,4-6,9-10,12H2,1-3H3,(H,19,21). The van der Waals surface area contributed by atoms with E-state index in [0.717, 1.165) is 36.4 Å². The molecule has 0 aliphatic carbocycles. The third kappa shape index (κ3) is 4.21. The maximum absolute atomic E-state index is 12.4. The van der Waals surface area contributed by atoms with Crippen molar-refractivity contribution in [1.29, 1.82) is 0 Å². The number of likely N-dealkylation sites (tertiary alicyclic amines) is 1. The molecule has 1 heterocycles. The highest BCUT2D eigenvalue weighted by Crippen LogP contribution is 2.17. The minimum absolute atomic E-state index is 0.0145. The van der Waals surface area contributed by atoms with Gasteiger partial charge in [-0.15, -0.1) is 0 Å². The van der Waals surface area contributed by atoms with Crippen molar-refractivity contribution in [2.24, 2.45) is 0 Å². The van der Waals surface area contributed by atoms with Gasteiger partial charge in [-0.1, -0.05) is 11.6 Å². The maximum Gasteiger partial charge on any atom is 0.253 e. The fourth-order valence-corrected chi connectivity index (χ4v) is 2.84. The van der Waals surface area contributed by atoms with E-state index in [2.05, 4.69) is 22.5 Å². The van der Waals surface area contributed by atoms with Gasteiger partial charge in [-0.25, -0.2) is 0 Å². The number of nitrogens with zero attached hydrogens (tertiary/aromatic N) is 1. The molecule has 1 amide bonds. The van der Waals surface area contributed by atoms with Crippen LogP contribution in [-0.2, 0) is 0 Å². The van der Waals surface area contributed by atoms with Crippen molar-refractivity contribution < 1.29 is 4.79 Å². The summed E-state index contributed by atoms with van der Waals surface area (Å²) in [5.74, 6) is 0.0145. The first-order valence-electron chi connectivity index (χ1n) is 7.98. The molecule has 1 fully saturated rings. The van der Waals surface area contributed by atoms with E-state index < -0.39 is 0 Å². The molecule has 1 unspecified atom stereocenters. The summed E-state index contributed by atoms with van der Waals surface area (Å²) in [5, 5.41) is 6.34. The van der Waals surface area contributed by atoms with Crippen LogP contribution >= 0.6 is 0 Å². The van der Waals surface area contributed by atoms with Crippen LogP contribution in [0.2, 0.25) is 0 Å². The van der Waals surface area contributed by atoms with Gasteiger partial charge in [-0.3, -0.25) is 9.69 Å². The number of nitrogens with one attached hydrogen (secondary N) is 2. The minimum atomic E-state index is 0.0145. The Morgan fingerprint density at radius 1 is 1.33 bits per heavy atom. The summed E-state index contributed by atoms with van der Waals surface area (Å²) in [4.78, 5) is 14.9. The number of carbonyl (C=O) groups is 1. The zero-order chi connectivity index (χ0) is 15.2. The Bertz CT molecular complexity index is 481. The maximum atomic E-state index is 12.4. The number of hydrogen-bond donors (Lipinski definition) is 2. The number of carbonyl (C=O) groups excluding carboxylic acids is 1. The number of amides is 1. The summed E-state index contributed by atoms with van der Waals surface area (Å²) in [6, 6.07) is 6.37. The molecule has 0 radical (unpaired) electrons. The Kier molecular flexibility index (Phi) is 5.62. The predicted octanol–water partition coefficient (Wildman–Crippen LogP) is 2.64. The van der Waals surface area contributed by atoms with E-state index in [1.54, 1.807) is 0 Å². The molecule has 1 aliphatic rings. The smallest absolute Gasteiger partial charge is 0.253 e. The van der Waals surface area contributed by atoms with Crippen LogP contribution in [0.3, 0.4) is 0 Å². The molecule has 1 aromatic carbocycles. The monoisotopic (exact) mass is 289 g/mol. The zero-order valence-corrected chi connectivity index (χ0v) is 13.4. The molecule has 2 rings (SSSR count). The first-order valence-corrected chi connectivity index (χ1v) is 7.98. The average molecular weight is 289 g/mol. The normalized spacial score (nSPS) is 16.7. The Hall–Kier alpha value is -1.55. The molecule has 0 bridgehead atoms.